The standard InChI is InChI=1S/C23H29N3O3/c1-25-20(15-22(27)26-10-12-29-13-11-26)8-9-21(25)16-24-23(28)19-7-6-17-4-2-3-5-18(17)14-19/h2-7,14,20-21H,8-13,15-16H2,1H3,(H,24,28)/t20-,21+/m1/s1. The van der Waals surface area contributed by atoms with Gasteiger partial charge in [-0.15, -0.1) is 0 Å². The maximum atomic E-state index is 12.6. The molecular weight excluding hydrogens is 366 g/mol. The fourth-order valence-corrected chi connectivity index (χ4v) is 4.37. The van der Waals surface area contributed by atoms with Crippen LogP contribution in [0.1, 0.15) is 29.6 Å². The van der Waals surface area contributed by atoms with Crippen LogP contribution in [0.15, 0.2) is 42.5 Å². The van der Waals surface area contributed by atoms with Crippen LogP contribution in [-0.2, 0) is 9.53 Å². The zero-order chi connectivity index (χ0) is 20.2. The predicted molar refractivity (Wildman–Crippen MR) is 113 cm³/mol. The van der Waals surface area contributed by atoms with Crippen LogP contribution in [0.5, 0.6) is 0 Å². The molecule has 0 spiro atoms. The van der Waals surface area contributed by atoms with E-state index in [-0.39, 0.29) is 23.9 Å². The number of amides is 2. The number of hydrogen-bond acceptors (Lipinski definition) is 4. The van der Waals surface area contributed by atoms with Crippen LogP contribution < -0.4 is 5.32 Å². The Labute approximate surface area is 171 Å². The summed E-state index contributed by atoms with van der Waals surface area (Å²) in [6.45, 7) is 3.26. The van der Waals surface area contributed by atoms with Gasteiger partial charge in [0.15, 0.2) is 0 Å². The van der Waals surface area contributed by atoms with Crippen molar-refractivity contribution in [2.24, 2.45) is 0 Å². The Morgan fingerprint density at radius 1 is 1.03 bits per heavy atom. The van der Waals surface area contributed by atoms with Crippen LogP contribution in [-0.4, -0.2) is 73.6 Å². The molecule has 0 unspecified atom stereocenters. The van der Waals surface area contributed by atoms with Gasteiger partial charge in [-0.25, -0.2) is 0 Å². The van der Waals surface area contributed by atoms with Crippen molar-refractivity contribution < 1.29 is 14.3 Å². The number of fused-ring (bicyclic) bond motifs is 1. The number of likely N-dealkylation sites (N-methyl/N-ethyl adjacent to an activating group) is 1. The van der Waals surface area contributed by atoms with E-state index < -0.39 is 0 Å². The molecule has 2 aromatic carbocycles. The number of carbonyl (C=O) groups excluding carboxylic acids is 2. The lowest BCUT2D eigenvalue weighted by Crippen LogP contribution is -2.45. The molecule has 0 radical (unpaired) electrons. The topological polar surface area (TPSA) is 61.9 Å². The quantitative estimate of drug-likeness (QED) is 0.844. The first-order chi connectivity index (χ1) is 14.1. The molecule has 6 nitrogen and oxygen atoms in total. The van der Waals surface area contributed by atoms with Crippen LogP contribution in [0.4, 0.5) is 0 Å². The second kappa shape index (κ2) is 8.93. The van der Waals surface area contributed by atoms with Crippen molar-refractivity contribution in [2.45, 2.75) is 31.3 Å². The predicted octanol–water partition coefficient (Wildman–Crippen LogP) is 2.28. The maximum Gasteiger partial charge on any atom is 0.251 e. The molecule has 2 heterocycles. The fourth-order valence-electron chi connectivity index (χ4n) is 4.37. The van der Waals surface area contributed by atoms with E-state index in [0.717, 1.165) is 23.6 Å². The molecule has 154 valence electrons. The largest absolute Gasteiger partial charge is 0.378 e. The average Bonchev–Trinajstić information content (AvgIpc) is 3.11. The Hall–Kier alpha value is -2.44. The summed E-state index contributed by atoms with van der Waals surface area (Å²) in [7, 11) is 2.07. The third kappa shape index (κ3) is 4.60. The van der Waals surface area contributed by atoms with Crippen LogP contribution in [0, 0.1) is 0 Å². The summed E-state index contributed by atoms with van der Waals surface area (Å²) in [5.74, 6) is 0.169. The summed E-state index contributed by atoms with van der Waals surface area (Å²) < 4.78 is 5.33. The Morgan fingerprint density at radius 3 is 2.55 bits per heavy atom. The van der Waals surface area contributed by atoms with E-state index in [1.807, 2.05) is 47.4 Å². The highest BCUT2D eigenvalue weighted by atomic mass is 16.5. The lowest BCUT2D eigenvalue weighted by atomic mass is 10.1. The van der Waals surface area contributed by atoms with Crippen LogP contribution in [0.2, 0.25) is 0 Å². The van der Waals surface area contributed by atoms with Crippen LogP contribution in [0.3, 0.4) is 0 Å². The Kier molecular flexibility index (Phi) is 6.11. The van der Waals surface area contributed by atoms with Crippen molar-refractivity contribution in [3.63, 3.8) is 0 Å². The molecule has 0 saturated carbocycles. The fraction of sp³-hybridized carbons (Fsp3) is 0.478. The minimum atomic E-state index is -0.0444. The zero-order valence-electron chi connectivity index (χ0n) is 17.0. The highest BCUT2D eigenvalue weighted by Crippen LogP contribution is 2.25. The van der Waals surface area contributed by atoms with Crippen molar-refractivity contribution in [1.82, 2.24) is 15.1 Å². The normalized spacial score (nSPS) is 22.7. The molecule has 0 aliphatic carbocycles. The summed E-state index contributed by atoms with van der Waals surface area (Å²) in [4.78, 5) is 29.3. The van der Waals surface area contributed by atoms with Crippen molar-refractivity contribution in [3.05, 3.63) is 48.0 Å². The van der Waals surface area contributed by atoms with Crippen molar-refractivity contribution in [3.8, 4) is 0 Å². The molecule has 29 heavy (non-hydrogen) atoms. The first-order valence-electron chi connectivity index (χ1n) is 10.5. The summed E-state index contributed by atoms with van der Waals surface area (Å²) >= 11 is 0. The Morgan fingerprint density at radius 2 is 1.76 bits per heavy atom. The van der Waals surface area contributed by atoms with E-state index in [9.17, 15) is 9.59 Å². The second-order valence-corrected chi connectivity index (χ2v) is 8.02. The van der Waals surface area contributed by atoms with Gasteiger partial charge >= 0.3 is 0 Å². The summed E-state index contributed by atoms with van der Waals surface area (Å²) in [5.41, 5.74) is 0.684. The van der Waals surface area contributed by atoms with Gasteiger partial charge in [0.1, 0.15) is 0 Å². The van der Waals surface area contributed by atoms with E-state index in [2.05, 4.69) is 17.3 Å². The van der Waals surface area contributed by atoms with Crippen molar-refractivity contribution >= 4 is 22.6 Å². The van der Waals surface area contributed by atoms with E-state index >= 15 is 0 Å². The van der Waals surface area contributed by atoms with Gasteiger partial charge in [0.05, 0.1) is 13.2 Å². The smallest absolute Gasteiger partial charge is 0.251 e. The van der Waals surface area contributed by atoms with Gasteiger partial charge in [-0.2, -0.15) is 0 Å². The molecule has 2 aromatic rings. The molecule has 2 fully saturated rings. The SMILES string of the molecule is CN1[C@@H](CC(=O)N2CCOCC2)CC[C@H]1CNC(=O)c1ccc2ccccc2c1. The molecule has 1 N–H and O–H groups in total. The lowest BCUT2D eigenvalue weighted by molar-refractivity contribution is -0.136. The number of likely N-dealkylation sites (tertiary alicyclic amines) is 1. The van der Waals surface area contributed by atoms with Gasteiger partial charge in [0.25, 0.3) is 5.91 Å². The van der Waals surface area contributed by atoms with E-state index in [1.54, 1.807) is 0 Å². The number of carbonyl (C=O) groups is 2. The van der Waals surface area contributed by atoms with Gasteiger partial charge in [-0.3, -0.25) is 14.5 Å². The summed E-state index contributed by atoms with van der Waals surface area (Å²) in [5, 5.41) is 5.28. The summed E-state index contributed by atoms with van der Waals surface area (Å²) in [6.07, 6.45) is 2.53. The Balaban J connectivity index is 1.29. The van der Waals surface area contributed by atoms with Crippen molar-refractivity contribution in [2.75, 3.05) is 39.9 Å². The molecule has 0 bridgehead atoms. The Bertz CT molecular complexity index is 879. The van der Waals surface area contributed by atoms with Crippen LogP contribution >= 0.6 is 0 Å². The second-order valence-electron chi connectivity index (χ2n) is 8.02. The molecule has 2 saturated heterocycles. The average molecular weight is 396 g/mol. The number of benzene rings is 2. The van der Waals surface area contributed by atoms with Gasteiger partial charge in [0, 0.05) is 43.7 Å². The number of rotatable bonds is 5. The molecule has 4 rings (SSSR count). The molecule has 2 aliphatic heterocycles. The van der Waals surface area contributed by atoms with Crippen LogP contribution in [0.25, 0.3) is 10.8 Å². The van der Waals surface area contributed by atoms with Gasteiger partial charge < -0.3 is 15.0 Å². The van der Waals surface area contributed by atoms with Gasteiger partial charge in [0.2, 0.25) is 5.91 Å². The highest BCUT2D eigenvalue weighted by molar-refractivity contribution is 5.98. The highest BCUT2D eigenvalue weighted by Gasteiger charge is 2.33. The molecule has 2 amide bonds. The van der Waals surface area contributed by atoms with Gasteiger partial charge in [-0.1, -0.05) is 30.3 Å². The number of morpholine rings is 1. The number of nitrogens with one attached hydrogen (secondary N) is 1. The molecule has 0 aromatic heterocycles. The minimum absolute atomic E-state index is 0.0444. The first-order valence-corrected chi connectivity index (χ1v) is 10.5. The first kappa shape index (κ1) is 19.9. The number of hydrogen-bond donors (Lipinski definition) is 1. The van der Waals surface area contributed by atoms with Gasteiger partial charge in [-0.05, 0) is 42.8 Å². The molecule has 6 heteroatoms. The monoisotopic (exact) mass is 395 g/mol. The zero-order valence-corrected chi connectivity index (χ0v) is 17.0. The van der Waals surface area contributed by atoms with E-state index in [4.69, 9.17) is 4.74 Å². The number of ether oxygens (including phenoxy) is 1. The van der Waals surface area contributed by atoms with Crippen molar-refractivity contribution in [1.29, 1.82) is 0 Å². The third-order valence-electron chi connectivity index (χ3n) is 6.27. The lowest BCUT2D eigenvalue weighted by Gasteiger charge is -2.30. The maximum absolute atomic E-state index is 12.6. The minimum Gasteiger partial charge on any atom is -0.378 e. The third-order valence-corrected chi connectivity index (χ3v) is 6.27. The summed E-state index contributed by atoms with van der Waals surface area (Å²) in [6, 6.07) is 14.4. The number of nitrogens with zero attached hydrogens (tertiary/aromatic N) is 2. The molecule has 2 aliphatic rings. The van der Waals surface area contributed by atoms with E-state index in [0.29, 0.717) is 44.8 Å². The molecular formula is C23H29N3O3. The van der Waals surface area contributed by atoms with E-state index in [1.165, 1.54) is 0 Å². The molecule has 2 atom stereocenters.